The van der Waals surface area contributed by atoms with Gasteiger partial charge in [0.25, 0.3) is 11.8 Å². The summed E-state index contributed by atoms with van der Waals surface area (Å²) in [5, 5.41) is 3.97. The SMILES string of the molecule is Cc1noc([C@@]23CN(C(=O)c4ccccc4)C[C@@H]2CN(C(=O)c2ccncc2)C3)n1. The maximum atomic E-state index is 13.1. The molecule has 0 unspecified atom stereocenters. The van der Waals surface area contributed by atoms with Crippen LogP contribution in [0.3, 0.4) is 0 Å². The lowest BCUT2D eigenvalue weighted by molar-refractivity contribution is 0.0727. The number of hydrogen-bond donors (Lipinski definition) is 0. The fraction of sp³-hybridized carbons (Fsp3) is 0.318. The van der Waals surface area contributed by atoms with Gasteiger partial charge in [0.05, 0.1) is 5.41 Å². The molecular weight excluding hydrogens is 382 g/mol. The van der Waals surface area contributed by atoms with E-state index >= 15 is 0 Å². The Labute approximate surface area is 173 Å². The van der Waals surface area contributed by atoms with Crippen LogP contribution in [0.15, 0.2) is 59.4 Å². The van der Waals surface area contributed by atoms with Crippen molar-refractivity contribution in [2.45, 2.75) is 12.3 Å². The van der Waals surface area contributed by atoms with E-state index in [1.807, 2.05) is 40.1 Å². The molecule has 8 nitrogen and oxygen atoms in total. The van der Waals surface area contributed by atoms with Gasteiger partial charge in [-0.15, -0.1) is 0 Å². The van der Waals surface area contributed by atoms with Crippen molar-refractivity contribution < 1.29 is 14.1 Å². The molecule has 0 bridgehead atoms. The number of aromatic nitrogens is 3. The Morgan fingerprint density at radius 3 is 2.13 bits per heavy atom. The molecule has 4 heterocycles. The van der Waals surface area contributed by atoms with Crippen LogP contribution in [-0.2, 0) is 5.41 Å². The van der Waals surface area contributed by atoms with E-state index in [0.29, 0.717) is 49.0 Å². The Hall–Kier alpha value is -3.55. The monoisotopic (exact) mass is 403 g/mol. The lowest BCUT2D eigenvalue weighted by Gasteiger charge is -2.26. The molecule has 0 aliphatic carbocycles. The van der Waals surface area contributed by atoms with E-state index in [-0.39, 0.29) is 17.7 Å². The topological polar surface area (TPSA) is 92.4 Å². The molecule has 30 heavy (non-hydrogen) atoms. The van der Waals surface area contributed by atoms with E-state index in [2.05, 4.69) is 15.1 Å². The summed E-state index contributed by atoms with van der Waals surface area (Å²) >= 11 is 0. The van der Waals surface area contributed by atoms with Crippen molar-refractivity contribution in [2.75, 3.05) is 26.2 Å². The summed E-state index contributed by atoms with van der Waals surface area (Å²) < 4.78 is 5.57. The summed E-state index contributed by atoms with van der Waals surface area (Å²) in [5.41, 5.74) is 0.687. The Morgan fingerprint density at radius 2 is 1.57 bits per heavy atom. The van der Waals surface area contributed by atoms with Crippen molar-refractivity contribution >= 4 is 11.8 Å². The maximum Gasteiger partial charge on any atom is 0.254 e. The van der Waals surface area contributed by atoms with Crippen molar-refractivity contribution in [1.82, 2.24) is 24.9 Å². The molecule has 2 amide bonds. The third-order valence-electron chi connectivity index (χ3n) is 6.08. The van der Waals surface area contributed by atoms with E-state index in [9.17, 15) is 9.59 Å². The van der Waals surface area contributed by atoms with Crippen LogP contribution < -0.4 is 0 Å². The molecule has 0 saturated carbocycles. The van der Waals surface area contributed by atoms with E-state index in [1.165, 1.54) is 0 Å². The van der Waals surface area contributed by atoms with Crippen LogP contribution in [0.5, 0.6) is 0 Å². The lowest BCUT2D eigenvalue weighted by atomic mass is 9.81. The summed E-state index contributed by atoms with van der Waals surface area (Å²) in [4.78, 5) is 38.3. The van der Waals surface area contributed by atoms with Gasteiger partial charge in [0.15, 0.2) is 5.82 Å². The van der Waals surface area contributed by atoms with Gasteiger partial charge in [-0.1, -0.05) is 23.4 Å². The van der Waals surface area contributed by atoms with Crippen molar-refractivity contribution in [1.29, 1.82) is 0 Å². The van der Waals surface area contributed by atoms with Crippen LogP contribution in [0.4, 0.5) is 0 Å². The first-order valence-corrected chi connectivity index (χ1v) is 9.91. The number of nitrogens with zero attached hydrogens (tertiary/aromatic N) is 5. The zero-order valence-corrected chi connectivity index (χ0v) is 16.6. The molecule has 1 aromatic carbocycles. The minimum atomic E-state index is -0.561. The van der Waals surface area contributed by atoms with Crippen LogP contribution in [-0.4, -0.2) is 62.9 Å². The average molecular weight is 403 g/mol. The predicted molar refractivity (Wildman–Crippen MR) is 107 cm³/mol. The second kappa shape index (κ2) is 7.05. The number of aryl methyl sites for hydroxylation is 1. The molecule has 0 N–H and O–H groups in total. The van der Waals surface area contributed by atoms with Gasteiger partial charge in [0.1, 0.15) is 0 Å². The summed E-state index contributed by atoms with van der Waals surface area (Å²) in [6, 6.07) is 12.7. The third-order valence-corrected chi connectivity index (χ3v) is 6.08. The first-order chi connectivity index (χ1) is 14.6. The van der Waals surface area contributed by atoms with Crippen molar-refractivity contribution in [2.24, 2.45) is 5.92 Å². The highest BCUT2D eigenvalue weighted by molar-refractivity contribution is 5.95. The van der Waals surface area contributed by atoms with Crippen molar-refractivity contribution in [3.63, 3.8) is 0 Å². The molecule has 2 aromatic heterocycles. The van der Waals surface area contributed by atoms with Crippen molar-refractivity contribution in [3.05, 3.63) is 77.7 Å². The van der Waals surface area contributed by atoms with Crippen LogP contribution in [0, 0.1) is 12.8 Å². The number of benzene rings is 1. The zero-order chi connectivity index (χ0) is 20.7. The van der Waals surface area contributed by atoms with Crippen LogP contribution in [0.1, 0.15) is 32.4 Å². The number of pyridine rings is 1. The summed E-state index contributed by atoms with van der Waals surface area (Å²) in [7, 11) is 0. The highest BCUT2D eigenvalue weighted by atomic mass is 16.5. The van der Waals surface area contributed by atoms with Gasteiger partial charge in [-0.2, -0.15) is 4.98 Å². The predicted octanol–water partition coefficient (Wildman–Crippen LogP) is 1.94. The van der Waals surface area contributed by atoms with Gasteiger partial charge in [0, 0.05) is 55.6 Å². The van der Waals surface area contributed by atoms with Gasteiger partial charge in [-0.3, -0.25) is 14.6 Å². The largest absolute Gasteiger partial charge is 0.339 e. The fourth-order valence-electron chi connectivity index (χ4n) is 4.62. The van der Waals surface area contributed by atoms with Crippen LogP contribution in [0.2, 0.25) is 0 Å². The first-order valence-electron chi connectivity index (χ1n) is 9.91. The Morgan fingerprint density at radius 1 is 0.967 bits per heavy atom. The fourth-order valence-corrected chi connectivity index (χ4v) is 4.62. The maximum absolute atomic E-state index is 13.1. The summed E-state index contributed by atoms with van der Waals surface area (Å²) in [5.74, 6) is 0.995. The van der Waals surface area contributed by atoms with Gasteiger partial charge in [-0.25, -0.2) is 0 Å². The summed E-state index contributed by atoms with van der Waals surface area (Å²) in [6.07, 6.45) is 3.23. The van der Waals surface area contributed by atoms with Gasteiger partial charge < -0.3 is 14.3 Å². The lowest BCUT2D eigenvalue weighted by Crippen LogP contribution is -2.41. The average Bonchev–Trinajstić information content (AvgIpc) is 3.46. The van der Waals surface area contributed by atoms with Gasteiger partial charge >= 0.3 is 0 Å². The number of carbonyl (C=O) groups excluding carboxylic acids is 2. The summed E-state index contributed by atoms with van der Waals surface area (Å²) in [6.45, 7) is 3.71. The molecule has 8 heteroatoms. The number of rotatable bonds is 3. The molecule has 2 aliphatic heterocycles. The van der Waals surface area contributed by atoms with E-state index < -0.39 is 5.41 Å². The van der Waals surface area contributed by atoms with Gasteiger partial charge in [-0.05, 0) is 31.2 Å². The minimum absolute atomic E-state index is 0.0207. The molecule has 0 spiro atoms. The molecule has 152 valence electrons. The highest BCUT2D eigenvalue weighted by Crippen LogP contribution is 2.45. The normalized spacial score (nSPS) is 22.9. The number of carbonyl (C=O) groups is 2. The third kappa shape index (κ3) is 2.96. The molecule has 3 aromatic rings. The van der Waals surface area contributed by atoms with Crippen LogP contribution in [0.25, 0.3) is 0 Å². The van der Waals surface area contributed by atoms with E-state index in [0.717, 1.165) is 0 Å². The highest BCUT2D eigenvalue weighted by Gasteiger charge is 2.58. The Bertz CT molecular complexity index is 1020. The molecule has 2 aliphatic rings. The number of fused-ring (bicyclic) bond motifs is 1. The first kappa shape index (κ1) is 18.5. The number of likely N-dealkylation sites (tertiary alicyclic amines) is 2. The number of amides is 2. The molecular formula is C22H21N5O3. The molecule has 2 saturated heterocycles. The standard InChI is InChI=1S/C22H21N5O3/c1-15-24-21(30-25-15)22-13-26(19(28)16-5-3-2-4-6-16)11-18(22)12-27(14-22)20(29)17-7-9-23-10-8-17/h2-10,18H,11-14H2,1H3/t18-,22-/m1/s1. The van der Waals surface area contributed by atoms with Crippen molar-refractivity contribution in [3.8, 4) is 0 Å². The Balaban J connectivity index is 1.45. The van der Waals surface area contributed by atoms with Crippen LogP contribution >= 0.6 is 0 Å². The Kier molecular flexibility index (Phi) is 4.34. The van der Waals surface area contributed by atoms with E-state index in [4.69, 9.17) is 4.52 Å². The smallest absolute Gasteiger partial charge is 0.254 e. The van der Waals surface area contributed by atoms with Gasteiger partial charge in [0.2, 0.25) is 5.89 Å². The zero-order valence-electron chi connectivity index (χ0n) is 16.6. The second-order valence-corrected chi connectivity index (χ2v) is 7.97. The molecule has 0 radical (unpaired) electrons. The molecule has 2 atom stereocenters. The second-order valence-electron chi connectivity index (χ2n) is 7.97. The minimum Gasteiger partial charge on any atom is -0.339 e. The quantitative estimate of drug-likeness (QED) is 0.664. The number of hydrogen-bond acceptors (Lipinski definition) is 6. The van der Waals surface area contributed by atoms with E-state index in [1.54, 1.807) is 31.5 Å². The molecule has 5 rings (SSSR count). The molecule has 2 fully saturated rings.